The summed E-state index contributed by atoms with van der Waals surface area (Å²) in [6.45, 7) is 4.80. The van der Waals surface area contributed by atoms with Crippen LogP contribution in [0, 0.1) is 0 Å². The molecule has 0 aliphatic heterocycles. The van der Waals surface area contributed by atoms with Crippen LogP contribution in [0.1, 0.15) is 36.3 Å². The van der Waals surface area contributed by atoms with Crippen molar-refractivity contribution in [1.29, 1.82) is 0 Å². The Balaban J connectivity index is 2.64. The summed E-state index contributed by atoms with van der Waals surface area (Å²) in [5.74, 6) is 0.0217. The van der Waals surface area contributed by atoms with Crippen molar-refractivity contribution in [1.82, 2.24) is 9.78 Å². The summed E-state index contributed by atoms with van der Waals surface area (Å²) in [6.07, 6.45) is 3.47. The number of Topliss-reactive ketones (excluding diaryl/α,β-unsaturated/α-hetero) is 1. The maximum absolute atomic E-state index is 11.7. The van der Waals surface area contributed by atoms with E-state index in [0.29, 0.717) is 12.2 Å². The van der Waals surface area contributed by atoms with E-state index in [1.807, 2.05) is 20.9 Å². The highest BCUT2D eigenvalue weighted by molar-refractivity contribution is 5.97. The molecule has 15 heavy (non-hydrogen) atoms. The van der Waals surface area contributed by atoms with Gasteiger partial charge in [0, 0.05) is 19.9 Å². The minimum absolute atomic E-state index is 0.0217. The van der Waals surface area contributed by atoms with Crippen LogP contribution in [0.4, 0.5) is 0 Å². The molecule has 1 aromatic rings. The first-order valence-corrected chi connectivity index (χ1v) is 5.32. The average molecular weight is 210 g/mol. The Bertz CT molecular complexity index is 331. The predicted molar refractivity (Wildman–Crippen MR) is 58.0 cm³/mol. The van der Waals surface area contributed by atoms with Gasteiger partial charge in [-0.2, -0.15) is 5.10 Å². The molecule has 0 bridgehead atoms. The van der Waals surface area contributed by atoms with Crippen molar-refractivity contribution < 1.29 is 9.53 Å². The Labute approximate surface area is 90.2 Å². The van der Waals surface area contributed by atoms with Gasteiger partial charge in [0.1, 0.15) is 6.61 Å². The van der Waals surface area contributed by atoms with Crippen molar-refractivity contribution in [3.05, 3.63) is 17.5 Å². The van der Waals surface area contributed by atoms with E-state index in [9.17, 15) is 4.79 Å². The topological polar surface area (TPSA) is 44.1 Å². The molecule has 4 heteroatoms. The van der Waals surface area contributed by atoms with Crippen LogP contribution < -0.4 is 0 Å². The number of ether oxygens (including phenoxy) is 1. The SMILES string of the molecule is CCCOCC(=O)c1cn(C)nc1CC. The highest BCUT2D eigenvalue weighted by Crippen LogP contribution is 2.08. The summed E-state index contributed by atoms with van der Waals surface area (Å²) in [5.41, 5.74) is 1.54. The molecule has 0 radical (unpaired) electrons. The van der Waals surface area contributed by atoms with Gasteiger partial charge in [-0.25, -0.2) is 0 Å². The van der Waals surface area contributed by atoms with Gasteiger partial charge in [0.15, 0.2) is 5.78 Å². The molecule has 0 aliphatic carbocycles. The fourth-order valence-corrected chi connectivity index (χ4v) is 1.42. The van der Waals surface area contributed by atoms with Crippen molar-refractivity contribution in [2.45, 2.75) is 26.7 Å². The second-order valence-corrected chi connectivity index (χ2v) is 3.49. The molecule has 0 fully saturated rings. The molecule has 0 atom stereocenters. The van der Waals surface area contributed by atoms with Crippen molar-refractivity contribution in [2.24, 2.45) is 7.05 Å². The number of aryl methyl sites for hydroxylation is 2. The third-order valence-electron chi connectivity index (χ3n) is 2.12. The number of hydrogen-bond acceptors (Lipinski definition) is 3. The molecule has 4 nitrogen and oxygen atoms in total. The van der Waals surface area contributed by atoms with Crippen LogP contribution in [-0.2, 0) is 18.2 Å². The Morgan fingerprint density at radius 2 is 2.27 bits per heavy atom. The van der Waals surface area contributed by atoms with Crippen LogP contribution in [0.15, 0.2) is 6.20 Å². The summed E-state index contributed by atoms with van der Waals surface area (Å²) >= 11 is 0. The first-order chi connectivity index (χ1) is 7.19. The minimum atomic E-state index is 0.0217. The van der Waals surface area contributed by atoms with E-state index in [-0.39, 0.29) is 12.4 Å². The standard InChI is InChI=1S/C11H18N2O2/c1-4-6-15-8-11(14)9-7-13(3)12-10(9)5-2/h7H,4-6,8H2,1-3H3. The van der Waals surface area contributed by atoms with Gasteiger partial charge in [-0.05, 0) is 12.8 Å². The van der Waals surface area contributed by atoms with E-state index >= 15 is 0 Å². The zero-order valence-corrected chi connectivity index (χ0v) is 9.62. The van der Waals surface area contributed by atoms with Crippen LogP contribution in [0.5, 0.6) is 0 Å². The number of ketones is 1. The van der Waals surface area contributed by atoms with Crippen molar-refractivity contribution >= 4 is 5.78 Å². The number of hydrogen-bond donors (Lipinski definition) is 0. The maximum atomic E-state index is 11.7. The van der Waals surface area contributed by atoms with Crippen molar-refractivity contribution in [2.75, 3.05) is 13.2 Å². The lowest BCUT2D eigenvalue weighted by atomic mass is 10.1. The molecule has 1 aromatic heterocycles. The van der Waals surface area contributed by atoms with E-state index in [1.165, 1.54) is 0 Å². The molecule has 0 amide bonds. The van der Waals surface area contributed by atoms with E-state index in [4.69, 9.17) is 4.74 Å². The molecule has 84 valence electrons. The van der Waals surface area contributed by atoms with Gasteiger partial charge in [0.05, 0.1) is 11.3 Å². The molecule has 1 rings (SSSR count). The molecule has 1 heterocycles. The van der Waals surface area contributed by atoms with Crippen molar-refractivity contribution in [3.8, 4) is 0 Å². The fraction of sp³-hybridized carbons (Fsp3) is 0.636. The van der Waals surface area contributed by atoms with E-state index in [1.54, 1.807) is 10.9 Å². The lowest BCUT2D eigenvalue weighted by Gasteiger charge is -2.00. The molecule has 0 unspecified atom stereocenters. The van der Waals surface area contributed by atoms with Crippen LogP contribution >= 0.6 is 0 Å². The lowest BCUT2D eigenvalue weighted by molar-refractivity contribution is 0.0760. The number of rotatable bonds is 6. The summed E-state index contributed by atoms with van der Waals surface area (Å²) in [6, 6.07) is 0. The van der Waals surface area contributed by atoms with Crippen LogP contribution in [-0.4, -0.2) is 28.8 Å². The highest BCUT2D eigenvalue weighted by Gasteiger charge is 2.13. The predicted octanol–water partition coefficient (Wildman–Crippen LogP) is 1.59. The number of carbonyl (C=O) groups excluding carboxylic acids is 1. The fourth-order valence-electron chi connectivity index (χ4n) is 1.42. The number of aromatic nitrogens is 2. The van der Waals surface area contributed by atoms with Gasteiger partial charge in [0.2, 0.25) is 0 Å². The zero-order chi connectivity index (χ0) is 11.3. The second kappa shape index (κ2) is 5.66. The average Bonchev–Trinajstić information content (AvgIpc) is 2.60. The lowest BCUT2D eigenvalue weighted by Crippen LogP contribution is -2.10. The van der Waals surface area contributed by atoms with E-state index in [0.717, 1.165) is 18.5 Å². The third kappa shape index (κ3) is 3.16. The van der Waals surface area contributed by atoms with Crippen LogP contribution in [0.25, 0.3) is 0 Å². The highest BCUT2D eigenvalue weighted by atomic mass is 16.5. The minimum Gasteiger partial charge on any atom is -0.373 e. The zero-order valence-electron chi connectivity index (χ0n) is 9.62. The molecule has 0 aromatic carbocycles. The van der Waals surface area contributed by atoms with Crippen molar-refractivity contribution in [3.63, 3.8) is 0 Å². The molecule has 0 saturated carbocycles. The van der Waals surface area contributed by atoms with Gasteiger partial charge < -0.3 is 4.74 Å². The normalized spacial score (nSPS) is 10.6. The quantitative estimate of drug-likeness (QED) is 0.529. The molecule has 0 saturated heterocycles. The monoisotopic (exact) mass is 210 g/mol. The van der Waals surface area contributed by atoms with Gasteiger partial charge in [-0.15, -0.1) is 0 Å². The van der Waals surface area contributed by atoms with Gasteiger partial charge in [-0.1, -0.05) is 13.8 Å². The smallest absolute Gasteiger partial charge is 0.191 e. The Morgan fingerprint density at radius 3 is 2.87 bits per heavy atom. The molecule has 0 spiro atoms. The number of carbonyl (C=O) groups is 1. The summed E-state index contributed by atoms with van der Waals surface area (Å²) in [7, 11) is 1.82. The van der Waals surface area contributed by atoms with Crippen LogP contribution in [0.3, 0.4) is 0 Å². The Kier molecular flexibility index (Phi) is 4.49. The summed E-state index contributed by atoms with van der Waals surface area (Å²) in [5, 5.41) is 4.22. The number of nitrogens with zero attached hydrogens (tertiary/aromatic N) is 2. The third-order valence-corrected chi connectivity index (χ3v) is 2.12. The molecule has 0 N–H and O–H groups in total. The first-order valence-electron chi connectivity index (χ1n) is 5.32. The molecule has 0 aliphatic rings. The Morgan fingerprint density at radius 1 is 1.53 bits per heavy atom. The maximum Gasteiger partial charge on any atom is 0.191 e. The first kappa shape index (κ1) is 11.9. The molecular formula is C11H18N2O2. The van der Waals surface area contributed by atoms with E-state index < -0.39 is 0 Å². The second-order valence-electron chi connectivity index (χ2n) is 3.49. The molecular weight excluding hydrogens is 192 g/mol. The van der Waals surface area contributed by atoms with Gasteiger partial charge in [0.25, 0.3) is 0 Å². The summed E-state index contributed by atoms with van der Waals surface area (Å²) < 4.78 is 6.89. The van der Waals surface area contributed by atoms with Crippen LogP contribution in [0.2, 0.25) is 0 Å². The van der Waals surface area contributed by atoms with E-state index in [2.05, 4.69) is 5.10 Å². The summed E-state index contributed by atoms with van der Waals surface area (Å²) in [4.78, 5) is 11.7. The Hall–Kier alpha value is -1.16. The largest absolute Gasteiger partial charge is 0.373 e. The van der Waals surface area contributed by atoms with Gasteiger partial charge in [-0.3, -0.25) is 9.48 Å². The van der Waals surface area contributed by atoms with Gasteiger partial charge >= 0.3 is 0 Å².